The second-order valence-corrected chi connectivity index (χ2v) is 5.16. The summed E-state index contributed by atoms with van der Waals surface area (Å²) in [6.07, 6.45) is 3.93. The van der Waals surface area contributed by atoms with Gasteiger partial charge in [0, 0.05) is 17.8 Å². The molecule has 0 aliphatic carbocycles. The van der Waals surface area contributed by atoms with Gasteiger partial charge in [-0.1, -0.05) is 38.5 Å². The highest BCUT2D eigenvalue weighted by Gasteiger charge is 2.16. The van der Waals surface area contributed by atoms with E-state index in [1.165, 1.54) is 21.9 Å². The Morgan fingerprint density at radius 2 is 1.80 bits per heavy atom. The molecule has 0 saturated carbocycles. The Labute approximate surface area is 91.2 Å². The molecule has 0 fully saturated rings. The predicted octanol–water partition coefficient (Wildman–Crippen LogP) is 3.84. The van der Waals surface area contributed by atoms with E-state index in [-0.39, 0.29) is 5.41 Å². The number of fused-ring (bicyclic) bond motifs is 1. The molecule has 0 spiro atoms. The molecule has 0 radical (unpaired) electrons. The van der Waals surface area contributed by atoms with Gasteiger partial charge in [-0.2, -0.15) is 0 Å². The smallest absolute Gasteiger partial charge is 0.0346 e. The van der Waals surface area contributed by atoms with Crippen LogP contribution in [0.15, 0.2) is 30.6 Å². The number of aryl methyl sites for hydroxylation is 1. The lowest BCUT2D eigenvalue weighted by atomic mass is 9.85. The molecule has 0 atom stereocenters. The zero-order valence-corrected chi connectivity index (χ0v) is 9.83. The SMILES string of the molecule is Cc1ccc2c(C(C)(C)C)cncc2c1. The molecule has 1 heteroatoms. The van der Waals surface area contributed by atoms with Crippen molar-refractivity contribution >= 4 is 10.8 Å². The Morgan fingerprint density at radius 3 is 2.47 bits per heavy atom. The van der Waals surface area contributed by atoms with Crippen molar-refractivity contribution in [1.82, 2.24) is 4.98 Å². The van der Waals surface area contributed by atoms with Crippen molar-refractivity contribution in [2.45, 2.75) is 33.1 Å². The van der Waals surface area contributed by atoms with Gasteiger partial charge in [0.1, 0.15) is 0 Å². The van der Waals surface area contributed by atoms with Crippen LogP contribution in [0.4, 0.5) is 0 Å². The number of nitrogens with zero attached hydrogens (tertiary/aromatic N) is 1. The fraction of sp³-hybridized carbons (Fsp3) is 0.357. The van der Waals surface area contributed by atoms with Gasteiger partial charge < -0.3 is 0 Å². The lowest BCUT2D eigenvalue weighted by molar-refractivity contribution is 0.593. The fourth-order valence-corrected chi connectivity index (χ4v) is 1.89. The Bertz CT molecular complexity index is 492. The molecule has 0 unspecified atom stereocenters. The van der Waals surface area contributed by atoms with Crippen molar-refractivity contribution in [1.29, 1.82) is 0 Å². The number of hydrogen-bond donors (Lipinski definition) is 0. The Kier molecular flexibility index (Phi) is 2.26. The summed E-state index contributed by atoms with van der Waals surface area (Å²) in [5, 5.41) is 2.56. The minimum Gasteiger partial charge on any atom is -0.264 e. The molecular weight excluding hydrogens is 182 g/mol. The van der Waals surface area contributed by atoms with Crippen LogP contribution in [-0.4, -0.2) is 4.98 Å². The Balaban J connectivity index is 2.77. The molecule has 0 amide bonds. The zero-order valence-electron chi connectivity index (χ0n) is 9.83. The van der Waals surface area contributed by atoms with Crippen LogP contribution in [0.3, 0.4) is 0 Å². The number of pyridine rings is 1. The van der Waals surface area contributed by atoms with Crippen LogP contribution in [0.25, 0.3) is 10.8 Å². The lowest BCUT2D eigenvalue weighted by Crippen LogP contribution is -2.12. The van der Waals surface area contributed by atoms with Gasteiger partial charge in [-0.3, -0.25) is 4.98 Å². The maximum absolute atomic E-state index is 4.32. The van der Waals surface area contributed by atoms with E-state index in [4.69, 9.17) is 0 Å². The van der Waals surface area contributed by atoms with E-state index in [1.807, 2.05) is 12.4 Å². The van der Waals surface area contributed by atoms with Gasteiger partial charge >= 0.3 is 0 Å². The highest BCUT2D eigenvalue weighted by atomic mass is 14.6. The zero-order chi connectivity index (χ0) is 11.1. The van der Waals surface area contributed by atoms with Gasteiger partial charge in [-0.15, -0.1) is 0 Å². The van der Waals surface area contributed by atoms with E-state index in [0.29, 0.717) is 0 Å². The number of rotatable bonds is 0. The maximum atomic E-state index is 4.32. The summed E-state index contributed by atoms with van der Waals surface area (Å²) >= 11 is 0. The third kappa shape index (κ3) is 1.87. The second-order valence-electron chi connectivity index (χ2n) is 5.16. The van der Waals surface area contributed by atoms with Crippen LogP contribution in [0.2, 0.25) is 0 Å². The molecule has 0 N–H and O–H groups in total. The van der Waals surface area contributed by atoms with E-state index >= 15 is 0 Å². The first-order chi connectivity index (χ1) is 6.98. The molecule has 0 bridgehead atoms. The topological polar surface area (TPSA) is 12.9 Å². The third-order valence-electron chi connectivity index (χ3n) is 2.72. The summed E-state index contributed by atoms with van der Waals surface area (Å²) in [4.78, 5) is 4.32. The van der Waals surface area contributed by atoms with Gasteiger partial charge in [0.2, 0.25) is 0 Å². The monoisotopic (exact) mass is 199 g/mol. The molecule has 78 valence electrons. The van der Waals surface area contributed by atoms with Gasteiger partial charge in [0.25, 0.3) is 0 Å². The van der Waals surface area contributed by atoms with E-state index in [9.17, 15) is 0 Å². The average molecular weight is 199 g/mol. The predicted molar refractivity (Wildman–Crippen MR) is 65.2 cm³/mol. The normalized spacial score (nSPS) is 12.0. The van der Waals surface area contributed by atoms with E-state index in [2.05, 4.69) is 50.9 Å². The first-order valence-corrected chi connectivity index (χ1v) is 5.33. The summed E-state index contributed by atoms with van der Waals surface area (Å²) in [5.41, 5.74) is 2.76. The van der Waals surface area contributed by atoms with E-state index < -0.39 is 0 Å². The van der Waals surface area contributed by atoms with Crippen LogP contribution < -0.4 is 0 Å². The molecule has 2 rings (SSSR count). The molecule has 1 heterocycles. The fourth-order valence-electron chi connectivity index (χ4n) is 1.89. The molecule has 1 aromatic heterocycles. The summed E-state index contributed by atoms with van der Waals surface area (Å²) in [6, 6.07) is 6.56. The van der Waals surface area contributed by atoms with Gasteiger partial charge in [-0.25, -0.2) is 0 Å². The van der Waals surface area contributed by atoms with Crippen molar-refractivity contribution < 1.29 is 0 Å². The van der Waals surface area contributed by atoms with Gasteiger partial charge in [0.15, 0.2) is 0 Å². The molecule has 2 aromatic rings. The quantitative estimate of drug-likeness (QED) is 0.628. The Hall–Kier alpha value is -1.37. The standard InChI is InChI=1S/C14H17N/c1-10-5-6-12-11(7-10)8-15-9-13(12)14(2,3)4/h5-9H,1-4H3. The molecule has 1 aromatic carbocycles. The maximum Gasteiger partial charge on any atom is 0.0346 e. The van der Waals surface area contributed by atoms with Gasteiger partial charge in [-0.05, 0) is 29.4 Å². The first kappa shape index (κ1) is 10.2. The molecular formula is C14H17N. The summed E-state index contributed by atoms with van der Waals surface area (Å²) in [7, 11) is 0. The third-order valence-corrected chi connectivity index (χ3v) is 2.72. The summed E-state index contributed by atoms with van der Waals surface area (Å²) in [6.45, 7) is 8.79. The highest BCUT2D eigenvalue weighted by Crippen LogP contribution is 2.29. The minimum absolute atomic E-state index is 0.155. The van der Waals surface area contributed by atoms with Crippen molar-refractivity contribution in [3.05, 3.63) is 41.7 Å². The lowest BCUT2D eigenvalue weighted by Gasteiger charge is -2.20. The van der Waals surface area contributed by atoms with Crippen LogP contribution >= 0.6 is 0 Å². The Morgan fingerprint density at radius 1 is 1.07 bits per heavy atom. The van der Waals surface area contributed by atoms with Gasteiger partial charge in [0.05, 0.1) is 0 Å². The molecule has 15 heavy (non-hydrogen) atoms. The average Bonchev–Trinajstić information content (AvgIpc) is 2.15. The minimum atomic E-state index is 0.155. The molecule has 1 nitrogen and oxygen atoms in total. The van der Waals surface area contributed by atoms with Crippen molar-refractivity contribution in [3.63, 3.8) is 0 Å². The number of hydrogen-bond acceptors (Lipinski definition) is 1. The van der Waals surface area contributed by atoms with Crippen LogP contribution in [0, 0.1) is 6.92 Å². The van der Waals surface area contributed by atoms with Crippen molar-refractivity contribution in [2.24, 2.45) is 0 Å². The summed E-state index contributed by atoms with van der Waals surface area (Å²) in [5.74, 6) is 0. The second kappa shape index (κ2) is 3.34. The van der Waals surface area contributed by atoms with Crippen LogP contribution in [0.5, 0.6) is 0 Å². The first-order valence-electron chi connectivity index (χ1n) is 5.33. The van der Waals surface area contributed by atoms with Crippen LogP contribution in [0.1, 0.15) is 31.9 Å². The van der Waals surface area contributed by atoms with E-state index in [1.54, 1.807) is 0 Å². The highest BCUT2D eigenvalue weighted by molar-refractivity contribution is 5.86. The van der Waals surface area contributed by atoms with Crippen molar-refractivity contribution in [3.8, 4) is 0 Å². The van der Waals surface area contributed by atoms with Crippen molar-refractivity contribution in [2.75, 3.05) is 0 Å². The largest absolute Gasteiger partial charge is 0.264 e. The van der Waals surface area contributed by atoms with E-state index in [0.717, 1.165) is 0 Å². The summed E-state index contributed by atoms with van der Waals surface area (Å²) < 4.78 is 0. The van der Waals surface area contributed by atoms with Crippen LogP contribution in [-0.2, 0) is 5.41 Å². The molecule has 0 saturated heterocycles. The molecule has 0 aliphatic rings. The number of aromatic nitrogens is 1. The molecule has 0 aliphatic heterocycles. The number of benzene rings is 1.